The van der Waals surface area contributed by atoms with E-state index in [1.54, 1.807) is 19.9 Å². The topological polar surface area (TPSA) is 72.8 Å². The van der Waals surface area contributed by atoms with E-state index in [2.05, 4.69) is 4.74 Å². The number of ketones is 1. The van der Waals surface area contributed by atoms with Crippen LogP contribution in [0.2, 0.25) is 0 Å². The molecular weight excluding hydrogens is 200 g/mol. The minimum absolute atomic E-state index is 0.0460. The molecule has 1 N–H and O–H groups in total. The summed E-state index contributed by atoms with van der Waals surface area (Å²) in [7, 11) is 0. The average Bonchev–Trinajstić information content (AvgIpc) is 2.06. The van der Waals surface area contributed by atoms with Gasteiger partial charge in [0.05, 0.1) is 6.10 Å². The van der Waals surface area contributed by atoms with Crippen LogP contribution in [0.4, 0.5) is 4.79 Å². The molecule has 0 fully saturated rings. The minimum atomic E-state index is -1.31. The molecule has 0 aliphatic carbocycles. The second-order valence-corrected chi connectivity index (χ2v) is 4.01. The Bertz CT molecular complexity index is 292. The largest absolute Gasteiger partial charge is 0.506 e. The quantitative estimate of drug-likeness (QED) is 0.718. The van der Waals surface area contributed by atoms with Gasteiger partial charge in [0.2, 0.25) is 0 Å². The molecule has 0 aromatic rings. The highest BCUT2D eigenvalue weighted by Crippen LogP contribution is 2.20. The molecule has 84 valence electrons. The van der Waals surface area contributed by atoms with Crippen LogP contribution >= 0.6 is 0 Å². The lowest BCUT2D eigenvalue weighted by atomic mass is 9.99. The van der Waals surface area contributed by atoms with Gasteiger partial charge >= 0.3 is 6.16 Å². The number of rotatable bonds is 3. The number of hydrogen-bond acceptors (Lipinski definition) is 4. The fourth-order valence-corrected chi connectivity index (χ4v) is 1.40. The fraction of sp³-hybridized carbons (Fsp3) is 0.600. The molecule has 0 saturated carbocycles. The molecule has 1 aliphatic heterocycles. The van der Waals surface area contributed by atoms with E-state index in [0.717, 1.165) is 0 Å². The maximum atomic E-state index is 10.8. The normalized spacial score (nSPS) is 21.5. The second-order valence-electron chi connectivity index (χ2n) is 4.01. The summed E-state index contributed by atoms with van der Waals surface area (Å²) in [5.41, 5.74) is -0.818. The van der Waals surface area contributed by atoms with Crippen LogP contribution in [0.3, 0.4) is 0 Å². The van der Waals surface area contributed by atoms with Gasteiger partial charge in [-0.3, -0.25) is 4.79 Å². The Morgan fingerprint density at radius 3 is 2.87 bits per heavy atom. The third-order valence-corrected chi connectivity index (χ3v) is 1.99. The highest BCUT2D eigenvalue weighted by atomic mass is 16.7. The first kappa shape index (κ1) is 11.7. The van der Waals surface area contributed by atoms with E-state index in [1.807, 2.05) is 0 Å². The van der Waals surface area contributed by atoms with Crippen molar-refractivity contribution >= 4 is 11.9 Å². The maximum absolute atomic E-state index is 10.8. The van der Waals surface area contributed by atoms with Gasteiger partial charge in [0.25, 0.3) is 0 Å². The van der Waals surface area contributed by atoms with Gasteiger partial charge in [0, 0.05) is 6.42 Å². The van der Waals surface area contributed by atoms with E-state index in [-0.39, 0.29) is 18.5 Å². The predicted molar refractivity (Wildman–Crippen MR) is 51.7 cm³/mol. The van der Waals surface area contributed by atoms with E-state index < -0.39 is 11.8 Å². The minimum Gasteiger partial charge on any atom is -0.450 e. The summed E-state index contributed by atoms with van der Waals surface area (Å²) >= 11 is 0. The average molecular weight is 214 g/mol. The van der Waals surface area contributed by atoms with Crippen LogP contribution in [0, 0.1) is 0 Å². The SMILES string of the molecule is CC(C)(CC1C=CC(=O)CO1)OC(=O)O. The standard InChI is InChI=1S/C10H14O5/c1-10(2,15-9(12)13)5-8-4-3-7(11)6-14-8/h3-4,8H,5-6H2,1-2H3,(H,12,13). The molecular formula is C10H14O5. The van der Waals surface area contributed by atoms with Gasteiger partial charge in [-0.15, -0.1) is 0 Å². The number of carbonyl (C=O) groups excluding carboxylic acids is 1. The van der Waals surface area contributed by atoms with E-state index in [0.29, 0.717) is 6.42 Å². The summed E-state index contributed by atoms with van der Waals surface area (Å²) in [5.74, 6) is -0.0804. The van der Waals surface area contributed by atoms with Crippen LogP contribution in [0.1, 0.15) is 20.3 Å². The van der Waals surface area contributed by atoms with Crippen molar-refractivity contribution in [1.82, 2.24) is 0 Å². The van der Waals surface area contributed by atoms with Crippen LogP contribution in [0.15, 0.2) is 12.2 Å². The molecule has 0 aromatic carbocycles. The zero-order chi connectivity index (χ0) is 11.5. The summed E-state index contributed by atoms with van der Waals surface area (Å²) in [6.45, 7) is 3.37. The Kier molecular flexibility index (Phi) is 3.47. The summed E-state index contributed by atoms with van der Waals surface area (Å²) in [6, 6.07) is 0. The Hall–Kier alpha value is -1.36. The first-order valence-corrected chi connectivity index (χ1v) is 4.64. The van der Waals surface area contributed by atoms with Gasteiger partial charge in [0.15, 0.2) is 5.78 Å². The van der Waals surface area contributed by atoms with Gasteiger partial charge in [-0.05, 0) is 19.9 Å². The number of carboxylic acid groups (broad SMARTS) is 1. The van der Waals surface area contributed by atoms with Gasteiger partial charge in [-0.2, -0.15) is 0 Å². The van der Waals surface area contributed by atoms with Crippen molar-refractivity contribution < 1.29 is 24.2 Å². The van der Waals surface area contributed by atoms with E-state index in [1.165, 1.54) is 6.08 Å². The summed E-state index contributed by atoms with van der Waals surface area (Å²) in [4.78, 5) is 21.2. The van der Waals surface area contributed by atoms with Gasteiger partial charge in [-0.25, -0.2) is 4.79 Å². The molecule has 1 unspecified atom stereocenters. The Morgan fingerprint density at radius 1 is 1.73 bits per heavy atom. The molecule has 5 heteroatoms. The number of hydrogen-bond donors (Lipinski definition) is 1. The lowest BCUT2D eigenvalue weighted by Gasteiger charge is -2.27. The smallest absolute Gasteiger partial charge is 0.450 e. The van der Waals surface area contributed by atoms with Gasteiger partial charge in [0.1, 0.15) is 12.2 Å². The Balaban J connectivity index is 2.50. The Morgan fingerprint density at radius 2 is 2.40 bits per heavy atom. The lowest BCUT2D eigenvalue weighted by Crippen LogP contribution is -2.34. The first-order valence-electron chi connectivity index (χ1n) is 4.64. The van der Waals surface area contributed by atoms with E-state index in [9.17, 15) is 9.59 Å². The van der Waals surface area contributed by atoms with Gasteiger partial charge in [-0.1, -0.05) is 6.08 Å². The Labute approximate surface area is 87.7 Å². The number of carbonyl (C=O) groups is 2. The highest BCUT2D eigenvalue weighted by molar-refractivity contribution is 5.91. The molecule has 5 nitrogen and oxygen atoms in total. The number of ether oxygens (including phenoxy) is 2. The molecule has 0 spiro atoms. The molecule has 1 atom stereocenters. The van der Waals surface area contributed by atoms with Crippen molar-refractivity contribution in [3.8, 4) is 0 Å². The molecule has 1 aliphatic rings. The molecule has 0 radical (unpaired) electrons. The van der Waals surface area contributed by atoms with Crippen LogP contribution in [0.25, 0.3) is 0 Å². The third-order valence-electron chi connectivity index (χ3n) is 1.99. The summed E-state index contributed by atoms with van der Waals surface area (Å²) in [5, 5.41) is 8.49. The molecule has 1 heterocycles. The van der Waals surface area contributed by atoms with Crippen molar-refractivity contribution in [3.63, 3.8) is 0 Å². The zero-order valence-electron chi connectivity index (χ0n) is 8.73. The molecule has 0 aromatic heterocycles. The predicted octanol–water partition coefficient (Wildman–Crippen LogP) is 1.37. The first-order chi connectivity index (χ1) is 6.89. The molecule has 1 rings (SSSR count). The summed E-state index contributed by atoms with van der Waals surface area (Å²) in [6.07, 6.45) is 1.89. The van der Waals surface area contributed by atoms with Crippen LogP contribution in [-0.2, 0) is 14.3 Å². The highest BCUT2D eigenvalue weighted by Gasteiger charge is 2.28. The molecule has 0 saturated heterocycles. The van der Waals surface area contributed by atoms with Crippen molar-refractivity contribution in [2.75, 3.05) is 6.61 Å². The molecule has 0 bridgehead atoms. The lowest BCUT2D eigenvalue weighted by molar-refractivity contribution is -0.123. The van der Waals surface area contributed by atoms with Crippen LogP contribution in [0.5, 0.6) is 0 Å². The summed E-state index contributed by atoms with van der Waals surface area (Å²) < 4.78 is 9.88. The van der Waals surface area contributed by atoms with Crippen molar-refractivity contribution in [3.05, 3.63) is 12.2 Å². The second kappa shape index (κ2) is 4.44. The van der Waals surface area contributed by atoms with Crippen LogP contribution in [-0.4, -0.2) is 35.4 Å². The van der Waals surface area contributed by atoms with E-state index in [4.69, 9.17) is 9.84 Å². The maximum Gasteiger partial charge on any atom is 0.506 e. The van der Waals surface area contributed by atoms with Gasteiger partial charge < -0.3 is 14.6 Å². The molecule has 15 heavy (non-hydrogen) atoms. The van der Waals surface area contributed by atoms with Crippen molar-refractivity contribution in [2.24, 2.45) is 0 Å². The zero-order valence-corrected chi connectivity index (χ0v) is 8.73. The van der Waals surface area contributed by atoms with Crippen molar-refractivity contribution in [1.29, 1.82) is 0 Å². The third kappa shape index (κ3) is 4.12. The molecule has 0 amide bonds. The van der Waals surface area contributed by atoms with E-state index >= 15 is 0 Å². The monoisotopic (exact) mass is 214 g/mol. The van der Waals surface area contributed by atoms with Crippen LogP contribution < -0.4 is 0 Å². The fourth-order valence-electron chi connectivity index (χ4n) is 1.40. The van der Waals surface area contributed by atoms with Crippen molar-refractivity contribution in [2.45, 2.75) is 32.0 Å².